The Hall–Kier alpha value is -3.16. The predicted molar refractivity (Wildman–Crippen MR) is 112 cm³/mol. The molecule has 3 rings (SSSR count). The van der Waals surface area contributed by atoms with Crippen LogP contribution >= 0.6 is 0 Å². The average molecular weight is 409 g/mol. The van der Waals surface area contributed by atoms with Crippen LogP contribution in [-0.4, -0.2) is 28.3 Å². The topological polar surface area (TPSA) is 111 Å². The number of carbonyl (C=O) groups is 1. The molecule has 0 aliphatic heterocycles. The number of nitrogens with two attached hydrogens (primary N) is 1. The lowest BCUT2D eigenvalue weighted by molar-refractivity contribution is 0.0840. The van der Waals surface area contributed by atoms with Gasteiger partial charge in [-0.05, 0) is 30.4 Å². The van der Waals surface area contributed by atoms with Crippen molar-refractivity contribution < 1.29 is 19.1 Å². The Labute approximate surface area is 175 Å². The molecule has 0 radical (unpaired) electrons. The third-order valence-corrected chi connectivity index (χ3v) is 4.91. The molecule has 0 bridgehead atoms. The van der Waals surface area contributed by atoms with Gasteiger partial charge in [0.1, 0.15) is 0 Å². The zero-order chi connectivity index (χ0) is 21.2. The molecule has 158 valence electrons. The standard InChI is InChI=1S/C23H27N3O4/c24-21(18-11-5-2-6-12-18)22(26-23(28)29-15-19-14-25-16-30-19)20(27)13-7-10-17-8-3-1-4-9-17/h1-6,8-9,11-12,14,16,20-22,27H,7,10,13,15,24H2,(H,26,28). The van der Waals surface area contributed by atoms with Crippen LogP contribution in [0, 0.1) is 0 Å². The molecular weight excluding hydrogens is 382 g/mol. The van der Waals surface area contributed by atoms with Crippen molar-refractivity contribution in [2.75, 3.05) is 0 Å². The highest BCUT2D eigenvalue weighted by molar-refractivity contribution is 5.67. The highest BCUT2D eigenvalue weighted by Crippen LogP contribution is 2.20. The quantitative estimate of drug-likeness (QED) is 0.474. The van der Waals surface area contributed by atoms with Gasteiger partial charge in [-0.3, -0.25) is 0 Å². The summed E-state index contributed by atoms with van der Waals surface area (Å²) in [5, 5.41) is 13.6. The predicted octanol–water partition coefficient (Wildman–Crippen LogP) is 3.35. The lowest BCUT2D eigenvalue weighted by Crippen LogP contribution is -2.50. The summed E-state index contributed by atoms with van der Waals surface area (Å²) < 4.78 is 10.2. The summed E-state index contributed by atoms with van der Waals surface area (Å²) in [6.07, 6.45) is 3.31. The third kappa shape index (κ3) is 6.43. The number of nitrogens with zero attached hydrogens (tertiary/aromatic N) is 1. The molecule has 1 heterocycles. The van der Waals surface area contributed by atoms with E-state index in [1.807, 2.05) is 48.5 Å². The molecule has 7 nitrogen and oxygen atoms in total. The second-order valence-electron chi connectivity index (χ2n) is 7.10. The van der Waals surface area contributed by atoms with Crippen molar-refractivity contribution in [3.63, 3.8) is 0 Å². The van der Waals surface area contributed by atoms with Crippen molar-refractivity contribution in [3.8, 4) is 0 Å². The summed E-state index contributed by atoms with van der Waals surface area (Å²) in [4.78, 5) is 16.1. The van der Waals surface area contributed by atoms with Gasteiger partial charge in [-0.2, -0.15) is 0 Å². The molecule has 3 atom stereocenters. The minimum atomic E-state index is -0.832. The Morgan fingerprint density at radius 1 is 1.13 bits per heavy atom. The van der Waals surface area contributed by atoms with Crippen molar-refractivity contribution in [1.82, 2.24) is 10.3 Å². The maximum Gasteiger partial charge on any atom is 0.407 e. The average Bonchev–Trinajstić information content (AvgIpc) is 3.30. The molecule has 0 saturated carbocycles. The van der Waals surface area contributed by atoms with Gasteiger partial charge in [0.05, 0.1) is 24.4 Å². The molecule has 3 unspecified atom stereocenters. The van der Waals surface area contributed by atoms with Crippen LogP contribution in [0.3, 0.4) is 0 Å². The monoisotopic (exact) mass is 409 g/mol. The summed E-state index contributed by atoms with van der Waals surface area (Å²) in [5.41, 5.74) is 8.42. The number of ether oxygens (including phenoxy) is 1. The van der Waals surface area contributed by atoms with E-state index in [-0.39, 0.29) is 6.61 Å². The van der Waals surface area contributed by atoms with E-state index >= 15 is 0 Å². The van der Waals surface area contributed by atoms with Gasteiger partial charge in [0.2, 0.25) is 0 Å². The van der Waals surface area contributed by atoms with Gasteiger partial charge in [-0.15, -0.1) is 0 Å². The molecule has 0 saturated heterocycles. The van der Waals surface area contributed by atoms with E-state index in [0.717, 1.165) is 18.4 Å². The van der Waals surface area contributed by atoms with Gasteiger partial charge in [0.25, 0.3) is 0 Å². The fraction of sp³-hybridized carbons (Fsp3) is 0.304. The van der Waals surface area contributed by atoms with Gasteiger partial charge < -0.3 is 25.3 Å². The minimum absolute atomic E-state index is 0.0524. The van der Waals surface area contributed by atoms with E-state index in [9.17, 15) is 9.90 Å². The Kier molecular flexibility index (Phi) is 8.00. The van der Waals surface area contributed by atoms with Crippen LogP contribution < -0.4 is 11.1 Å². The molecule has 0 aliphatic rings. The van der Waals surface area contributed by atoms with Crippen LogP contribution in [-0.2, 0) is 17.8 Å². The van der Waals surface area contributed by atoms with Crippen LogP contribution in [0.1, 0.15) is 35.8 Å². The maximum absolute atomic E-state index is 12.3. The van der Waals surface area contributed by atoms with Gasteiger partial charge in [0, 0.05) is 0 Å². The SMILES string of the molecule is NC(c1ccccc1)C(NC(=O)OCc1cnco1)C(O)CCCc1ccccc1. The Morgan fingerprint density at radius 3 is 2.50 bits per heavy atom. The molecule has 3 aromatic rings. The zero-order valence-electron chi connectivity index (χ0n) is 16.7. The van der Waals surface area contributed by atoms with Gasteiger partial charge in [-0.25, -0.2) is 9.78 Å². The van der Waals surface area contributed by atoms with E-state index in [1.54, 1.807) is 0 Å². The number of amides is 1. The van der Waals surface area contributed by atoms with Gasteiger partial charge >= 0.3 is 6.09 Å². The largest absolute Gasteiger partial charge is 0.445 e. The molecule has 30 heavy (non-hydrogen) atoms. The number of hydrogen-bond donors (Lipinski definition) is 3. The Balaban J connectivity index is 1.61. The summed E-state index contributed by atoms with van der Waals surface area (Å²) >= 11 is 0. The second-order valence-corrected chi connectivity index (χ2v) is 7.10. The van der Waals surface area contributed by atoms with Crippen LogP contribution in [0.15, 0.2) is 77.7 Å². The molecule has 0 aliphatic carbocycles. The molecule has 1 aromatic heterocycles. The van der Waals surface area contributed by atoms with Gasteiger partial charge in [-0.1, -0.05) is 60.7 Å². The van der Waals surface area contributed by atoms with Crippen LogP contribution in [0.4, 0.5) is 4.79 Å². The molecule has 4 N–H and O–H groups in total. The number of aliphatic hydroxyl groups excluding tert-OH is 1. The first-order chi connectivity index (χ1) is 14.6. The van der Waals surface area contributed by atoms with Crippen LogP contribution in [0.2, 0.25) is 0 Å². The first-order valence-corrected chi connectivity index (χ1v) is 9.96. The molecule has 0 spiro atoms. The summed E-state index contributed by atoms with van der Waals surface area (Å²) in [6, 6.07) is 18.1. The van der Waals surface area contributed by atoms with Crippen molar-refractivity contribution in [3.05, 3.63) is 90.1 Å². The molecule has 1 amide bonds. The fourth-order valence-electron chi connectivity index (χ4n) is 3.28. The van der Waals surface area contributed by atoms with Crippen molar-refractivity contribution in [1.29, 1.82) is 0 Å². The van der Waals surface area contributed by atoms with Crippen molar-refractivity contribution in [2.24, 2.45) is 5.73 Å². The van der Waals surface area contributed by atoms with Crippen LogP contribution in [0.5, 0.6) is 0 Å². The van der Waals surface area contributed by atoms with Crippen LogP contribution in [0.25, 0.3) is 0 Å². The zero-order valence-corrected chi connectivity index (χ0v) is 16.7. The Morgan fingerprint density at radius 2 is 1.83 bits per heavy atom. The highest BCUT2D eigenvalue weighted by Gasteiger charge is 2.29. The number of benzene rings is 2. The molecule has 2 aromatic carbocycles. The number of rotatable bonds is 10. The lowest BCUT2D eigenvalue weighted by Gasteiger charge is -2.29. The number of aromatic nitrogens is 1. The maximum atomic E-state index is 12.3. The molecule has 0 fully saturated rings. The summed E-state index contributed by atoms with van der Waals surface area (Å²) in [6.45, 7) is -0.0524. The number of aryl methyl sites for hydroxylation is 1. The number of nitrogens with one attached hydrogen (secondary N) is 1. The van der Waals surface area contributed by atoms with Crippen molar-refractivity contribution in [2.45, 2.75) is 44.1 Å². The number of carbonyl (C=O) groups excluding carboxylic acids is 1. The second kappa shape index (κ2) is 11.1. The number of alkyl carbamates (subject to hydrolysis) is 1. The smallest absolute Gasteiger partial charge is 0.407 e. The van der Waals surface area contributed by atoms with E-state index in [2.05, 4.69) is 22.4 Å². The van der Waals surface area contributed by atoms with E-state index in [4.69, 9.17) is 14.9 Å². The first kappa shape index (κ1) is 21.5. The normalized spacial score (nSPS) is 13.9. The summed E-state index contributed by atoms with van der Waals surface area (Å²) in [5.74, 6) is 0.428. The van der Waals surface area contributed by atoms with E-state index < -0.39 is 24.3 Å². The fourth-order valence-corrected chi connectivity index (χ4v) is 3.28. The first-order valence-electron chi connectivity index (χ1n) is 9.96. The van der Waals surface area contributed by atoms with Gasteiger partial charge in [0.15, 0.2) is 18.8 Å². The Bertz CT molecular complexity index is 872. The minimum Gasteiger partial charge on any atom is -0.445 e. The summed E-state index contributed by atoms with van der Waals surface area (Å²) in [7, 11) is 0. The number of aliphatic hydroxyl groups is 1. The lowest BCUT2D eigenvalue weighted by atomic mass is 9.93. The molecular formula is C23H27N3O4. The highest BCUT2D eigenvalue weighted by atomic mass is 16.6. The number of oxazole rings is 1. The van der Waals surface area contributed by atoms with E-state index in [0.29, 0.717) is 12.2 Å². The van der Waals surface area contributed by atoms with Crippen molar-refractivity contribution >= 4 is 6.09 Å². The van der Waals surface area contributed by atoms with E-state index in [1.165, 1.54) is 18.2 Å². The molecule has 7 heteroatoms. The third-order valence-electron chi connectivity index (χ3n) is 4.91. The number of hydrogen-bond acceptors (Lipinski definition) is 6.